The maximum atomic E-state index is 12.4. The van der Waals surface area contributed by atoms with Gasteiger partial charge in [0.05, 0.1) is 0 Å². The Morgan fingerprint density at radius 2 is 1.18 bits per heavy atom. The number of rotatable bonds is 2. The second kappa shape index (κ2) is 12.1. The number of aliphatic hydroxyl groups is 1. The van der Waals surface area contributed by atoms with Crippen molar-refractivity contribution < 1.29 is 42.1 Å². The fourth-order valence-electron chi connectivity index (χ4n) is 3.54. The van der Waals surface area contributed by atoms with Crippen LogP contribution in [0.4, 0.5) is 22.8 Å². The number of alkyl halides is 3. The summed E-state index contributed by atoms with van der Waals surface area (Å²) in [5.74, 6) is -0.734. The van der Waals surface area contributed by atoms with Crippen molar-refractivity contribution in [2.75, 3.05) is 26.2 Å². The Morgan fingerprint density at radius 1 is 0.824 bits per heavy atom. The number of likely N-dealkylation sites (tertiary alicyclic amines) is 2. The largest absolute Gasteiger partial charge is 0.444 e. The Hall–Kier alpha value is -2.04. The third-order valence-corrected chi connectivity index (χ3v) is 5.36. The molecule has 2 saturated heterocycles. The molecule has 1 unspecified atom stereocenters. The van der Waals surface area contributed by atoms with Gasteiger partial charge in [0.15, 0.2) is 6.10 Å². The van der Waals surface area contributed by atoms with E-state index in [9.17, 15) is 27.6 Å². The van der Waals surface area contributed by atoms with Gasteiger partial charge in [0.2, 0.25) is 0 Å². The lowest BCUT2D eigenvalue weighted by molar-refractivity contribution is -0.222. The number of nitrogens with zero attached hydrogens (tertiary/aromatic N) is 2. The maximum absolute atomic E-state index is 12.4. The van der Waals surface area contributed by atoms with Gasteiger partial charge in [-0.15, -0.1) is 0 Å². The summed E-state index contributed by atoms with van der Waals surface area (Å²) in [6.45, 7) is 12.3. The molecule has 0 aromatic heterocycles. The number of piperidine rings is 2. The first-order chi connectivity index (χ1) is 15.4. The molecule has 0 saturated carbocycles. The molecule has 2 heterocycles. The zero-order chi connectivity index (χ0) is 26.3. The van der Waals surface area contributed by atoms with Crippen molar-refractivity contribution in [2.24, 2.45) is 11.8 Å². The van der Waals surface area contributed by atoms with E-state index in [2.05, 4.69) is 0 Å². The highest BCUT2D eigenvalue weighted by Crippen LogP contribution is 2.32. The molecule has 0 aromatic rings. The van der Waals surface area contributed by atoms with Crippen molar-refractivity contribution in [3.05, 3.63) is 0 Å². The number of carbonyl (C=O) groups is 3. The molecule has 1 atom stereocenters. The molecule has 0 radical (unpaired) electrons. The molecule has 2 amide bonds. The molecule has 0 aromatic carbocycles. The molecule has 2 aliphatic rings. The van der Waals surface area contributed by atoms with Gasteiger partial charge < -0.3 is 29.2 Å². The molecule has 34 heavy (non-hydrogen) atoms. The number of carbonyl (C=O) groups excluding carboxylic acids is 3. The Labute approximate surface area is 199 Å². The monoisotopic (exact) mass is 496 g/mol. The number of aliphatic hydroxyl groups excluding tert-OH is 1. The van der Waals surface area contributed by atoms with Crippen LogP contribution in [-0.4, -0.2) is 83.0 Å². The fourth-order valence-corrected chi connectivity index (χ4v) is 3.54. The first kappa shape index (κ1) is 30.0. The number of aldehydes is 1. The van der Waals surface area contributed by atoms with Crippen LogP contribution in [0.15, 0.2) is 0 Å². The normalized spacial score (nSPS) is 19.6. The minimum absolute atomic E-state index is 0.115. The third kappa shape index (κ3) is 10.9. The van der Waals surface area contributed by atoms with E-state index in [1.165, 1.54) is 4.90 Å². The van der Waals surface area contributed by atoms with Gasteiger partial charge in [0, 0.05) is 32.1 Å². The van der Waals surface area contributed by atoms with Crippen molar-refractivity contribution in [3.8, 4) is 0 Å². The average molecular weight is 497 g/mol. The van der Waals surface area contributed by atoms with Crippen LogP contribution in [-0.2, 0) is 14.3 Å². The second-order valence-electron chi connectivity index (χ2n) is 10.7. The van der Waals surface area contributed by atoms with Crippen LogP contribution in [0.1, 0.15) is 67.2 Å². The maximum Gasteiger partial charge on any atom is 0.414 e. The summed E-state index contributed by atoms with van der Waals surface area (Å²) in [5.41, 5.74) is -1.07. The summed E-state index contributed by atoms with van der Waals surface area (Å²) < 4.78 is 47.5. The molecule has 2 fully saturated rings. The Bertz CT molecular complexity index is 672. The highest BCUT2D eigenvalue weighted by Gasteiger charge is 2.44. The van der Waals surface area contributed by atoms with E-state index in [0.717, 1.165) is 19.1 Å². The van der Waals surface area contributed by atoms with Gasteiger partial charge in [0.1, 0.15) is 17.5 Å². The van der Waals surface area contributed by atoms with E-state index in [4.69, 9.17) is 14.6 Å². The van der Waals surface area contributed by atoms with Gasteiger partial charge in [-0.05, 0) is 73.1 Å². The summed E-state index contributed by atoms with van der Waals surface area (Å²) in [6, 6.07) is 0. The summed E-state index contributed by atoms with van der Waals surface area (Å²) in [4.78, 5) is 36.9. The highest BCUT2D eigenvalue weighted by atomic mass is 19.4. The van der Waals surface area contributed by atoms with Gasteiger partial charge in [-0.3, -0.25) is 0 Å². The molecule has 198 valence electrons. The van der Waals surface area contributed by atoms with Crippen molar-refractivity contribution in [3.63, 3.8) is 0 Å². The van der Waals surface area contributed by atoms with Crippen LogP contribution < -0.4 is 0 Å². The fraction of sp³-hybridized carbons (Fsp3) is 0.870. The van der Waals surface area contributed by atoms with Crippen molar-refractivity contribution >= 4 is 18.5 Å². The molecule has 2 rings (SSSR count). The van der Waals surface area contributed by atoms with Gasteiger partial charge in [-0.2, -0.15) is 13.2 Å². The summed E-state index contributed by atoms with van der Waals surface area (Å²) >= 11 is 0. The molecule has 0 spiro atoms. The zero-order valence-corrected chi connectivity index (χ0v) is 21.0. The summed E-state index contributed by atoms with van der Waals surface area (Å²) in [6.07, 6.45) is -4.97. The van der Waals surface area contributed by atoms with Gasteiger partial charge in [-0.25, -0.2) is 9.59 Å². The lowest BCUT2D eigenvalue weighted by Gasteiger charge is -2.35. The van der Waals surface area contributed by atoms with Gasteiger partial charge in [-0.1, -0.05) is 0 Å². The number of amides is 2. The SMILES string of the molecule is CC(C)(C)OC(=O)N1CCC(C(O)C(F)(F)F)CC1.CC(C)(C)OC(=O)N1CCC(C=O)CC1. The van der Waals surface area contributed by atoms with E-state index in [1.807, 2.05) is 20.8 Å². The second-order valence-corrected chi connectivity index (χ2v) is 10.7. The first-order valence-corrected chi connectivity index (χ1v) is 11.6. The van der Waals surface area contributed by atoms with Crippen molar-refractivity contribution in [1.82, 2.24) is 9.80 Å². The predicted octanol–water partition coefficient (Wildman–Crippen LogP) is 4.39. The van der Waals surface area contributed by atoms with Crippen molar-refractivity contribution in [2.45, 2.75) is 90.7 Å². The molecule has 2 aliphatic heterocycles. The number of ether oxygens (including phenoxy) is 2. The molecule has 0 aliphatic carbocycles. The zero-order valence-electron chi connectivity index (χ0n) is 21.0. The molecular formula is C23H39F3N2O6. The number of halogens is 3. The van der Waals surface area contributed by atoms with Crippen LogP contribution >= 0.6 is 0 Å². The van der Waals surface area contributed by atoms with E-state index < -0.39 is 35.5 Å². The molecule has 0 bridgehead atoms. The molecule has 1 N–H and O–H groups in total. The molecule has 11 heteroatoms. The quantitative estimate of drug-likeness (QED) is 0.570. The Kier molecular flexibility index (Phi) is 10.7. The number of hydrogen-bond acceptors (Lipinski definition) is 6. The predicted molar refractivity (Wildman–Crippen MR) is 119 cm³/mol. The average Bonchev–Trinajstić information content (AvgIpc) is 2.70. The third-order valence-electron chi connectivity index (χ3n) is 5.36. The van der Waals surface area contributed by atoms with Crippen LogP contribution in [0.25, 0.3) is 0 Å². The Morgan fingerprint density at radius 3 is 1.47 bits per heavy atom. The van der Waals surface area contributed by atoms with E-state index in [0.29, 0.717) is 13.1 Å². The van der Waals surface area contributed by atoms with Gasteiger partial charge >= 0.3 is 18.4 Å². The van der Waals surface area contributed by atoms with E-state index in [-0.39, 0.29) is 37.9 Å². The highest BCUT2D eigenvalue weighted by molar-refractivity contribution is 5.69. The smallest absolute Gasteiger partial charge is 0.414 e. The van der Waals surface area contributed by atoms with Crippen LogP contribution in [0.5, 0.6) is 0 Å². The minimum Gasteiger partial charge on any atom is -0.444 e. The first-order valence-electron chi connectivity index (χ1n) is 11.6. The summed E-state index contributed by atoms with van der Waals surface area (Å²) in [5, 5.41) is 9.16. The van der Waals surface area contributed by atoms with Crippen LogP contribution in [0.3, 0.4) is 0 Å². The molecular weight excluding hydrogens is 457 g/mol. The van der Waals surface area contributed by atoms with E-state index in [1.54, 1.807) is 25.7 Å². The Balaban J connectivity index is 0.000000350. The van der Waals surface area contributed by atoms with Gasteiger partial charge in [0.25, 0.3) is 0 Å². The lowest BCUT2D eigenvalue weighted by atomic mass is 9.91. The topological polar surface area (TPSA) is 96.4 Å². The standard InChI is InChI=1S/C12H20F3NO3.C11H19NO3/c1-11(2,3)19-10(18)16-6-4-8(5-7-16)9(17)12(13,14)15;1-11(2,3)15-10(14)12-6-4-9(8-13)5-7-12/h8-9,17H,4-7H2,1-3H3;8-9H,4-7H2,1-3H3. The molecule has 8 nitrogen and oxygen atoms in total. The van der Waals surface area contributed by atoms with Crippen molar-refractivity contribution in [1.29, 1.82) is 0 Å². The lowest BCUT2D eigenvalue weighted by Crippen LogP contribution is -2.46. The minimum atomic E-state index is -4.60. The summed E-state index contributed by atoms with van der Waals surface area (Å²) in [7, 11) is 0. The van der Waals surface area contributed by atoms with Crippen LogP contribution in [0, 0.1) is 11.8 Å². The van der Waals surface area contributed by atoms with Crippen LogP contribution in [0.2, 0.25) is 0 Å². The van der Waals surface area contributed by atoms with E-state index >= 15 is 0 Å². The number of hydrogen-bond donors (Lipinski definition) is 1.